The van der Waals surface area contributed by atoms with E-state index in [4.69, 9.17) is 19.9 Å². The summed E-state index contributed by atoms with van der Waals surface area (Å²) >= 11 is 0. The first kappa shape index (κ1) is 24.5. The molecule has 2 atom stereocenters. The number of benzene rings is 1. The standard InChI is InChI=1S/C24H37N3O5/c1-23(2,3)32-22(29)26-12-10-18(11-13-26)16-27-14-15-31-24(4,20(27)25)21(28)30-17-19-8-6-5-7-9-19/h5-9,18,20H,10-17,25H2,1-4H3. The third kappa shape index (κ3) is 6.21. The van der Waals surface area contributed by atoms with Crippen molar-refractivity contribution in [3.63, 3.8) is 0 Å². The Balaban J connectivity index is 1.51. The van der Waals surface area contributed by atoms with E-state index < -0.39 is 23.3 Å². The first-order valence-corrected chi connectivity index (χ1v) is 11.4. The highest BCUT2D eigenvalue weighted by Crippen LogP contribution is 2.27. The molecule has 178 valence electrons. The van der Waals surface area contributed by atoms with E-state index in [2.05, 4.69) is 4.90 Å². The van der Waals surface area contributed by atoms with Crippen molar-refractivity contribution in [3.8, 4) is 0 Å². The number of carbonyl (C=O) groups excluding carboxylic acids is 2. The van der Waals surface area contributed by atoms with E-state index >= 15 is 0 Å². The van der Waals surface area contributed by atoms with Crippen molar-refractivity contribution < 1.29 is 23.8 Å². The minimum absolute atomic E-state index is 0.189. The summed E-state index contributed by atoms with van der Waals surface area (Å²) < 4.78 is 16.8. The largest absolute Gasteiger partial charge is 0.459 e. The van der Waals surface area contributed by atoms with Gasteiger partial charge in [0, 0.05) is 26.2 Å². The van der Waals surface area contributed by atoms with Gasteiger partial charge in [-0.15, -0.1) is 0 Å². The quantitative estimate of drug-likeness (QED) is 0.694. The molecule has 0 radical (unpaired) electrons. The Morgan fingerprint density at radius 2 is 1.81 bits per heavy atom. The van der Waals surface area contributed by atoms with Crippen LogP contribution >= 0.6 is 0 Å². The van der Waals surface area contributed by atoms with Crippen LogP contribution in [-0.4, -0.2) is 72.0 Å². The van der Waals surface area contributed by atoms with Gasteiger partial charge in [0.15, 0.2) is 5.60 Å². The molecule has 2 saturated heterocycles. The lowest BCUT2D eigenvalue weighted by Gasteiger charge is -2.46. The maximum absolute atomic E-state index is 12.9. The van der Waals surface area contributed by atoms with E-state index in [9.17, 15) is 9.59 Å². The number of nitrogens with zero attached hydrogens (tertiary/aromatic N) is 2. The SMILES string of the molecule is CC(C)(C)OC(=O)N1CCC(CN2CCOC(C)(C(=O)OCc3ccccc3)C2N)CC1. The van der Waals surface area contributed by atoms with Crippen molar-refractivity contribution in [1.29, 1.82) is 0 Å². The Bertz CT molecular complexity index is 774. The Morgan fingerprint density at radius 3 is 2.44 bits per heavy atom. The molecular weight excluding hydrogens is 410 g/mol. The van der Waals surface area contributed by atoms with E-state index in [0.717, 1.165) is 24.9 Å². The molecule has 1 aromatic rings. The summed E-state index contributed by atoms with van der Waals surface area (Å²) in [7, 11) is 0. The smallest absolute Gasteiger partial charge is 0.410 e. The zero-order valence-corrected chi connectivity index (χ0v) is 19.7. The molecule has 8 heteroatoms. The molecule has 2 N–H and O–H groups in total. The number of nitrogens with two attached hydrogens (primary N) is 1. The molecule has 1 aromatic carbocycles. The monoisotopic (exact) mass is 447 g/mol. The van der Waals surface area contributed by atoms with Crippen molar-refractivity contribution in [2.24, 2.45) is 11.7 Å². The molecule has 1 amide bonds. The van der Waals surface area contributed by atoms with E-state index in [1.54, 1.807) is 11.8 Å². The topological polar surface area (TPSA) is 94.3 Å². The van der Waals surface area contributed by atoms with Gasteiger partial charge in [-0.3, -0.25) is 4.90 Å². The minimum Gasteiger partial charge on any atom is -0.459 e. The molecule has 32 heavy (non-hydrogen) atoms. The molecule has 0 bridgehead atoms. The van der Waals surface area contributed by atoms with Crippen molar-refractivity contribution in [1.82, 2.24) is 9.80 Å². The number of hydrogen-bond acceptors (Lipinski definition) is 7. The molecule has 0 spiro atoms. The van der Waals surface area contributed by atoms with Crippen LogP contribution in [0, 0.1) is 5.92 Å². The van der Waals surface area contributed by atoms with Crippen LogP contribution < -0.4 is 5.73 Å². The Hall–Kier alpha value is -2.16. The molecule has 3 rings (SSSR count). The van der Waals surface area contributed by atoms with Crippen LogP contribution in [0.4, 0.5) is 4.79 Å². The highest BCUT2D eigenvalue weighted by Gasteiger charge is 2.48. The second kappa shape index (κ2) is 10.2. The summed E-state index contributed by atoms with van der Waals surface area (Å²) in [6.45, 7) is 10.7. The van der Waals surface area contributed by atoms with Gasteiger partial charge in [-0.1, -0.05) is 30.3 Å². The number of hydrogen-bond donors (Lipinski definition) is 1. The van der Waals surface area contributed by atoms with E-state index in [-0.39, 0.29) is 12.7 Å². The second-order valence-electron chi connectivity index (χ2n) is 9.87. The summed E-state index contributed by atoms with van der Waals surface area (Å²) in [4.78, 5) is 29.0. The van der Waals surface area contributed by atoms with Gasteiger partial charge in [0.05, 0.1) is 12.8 Å². The third-order valence-electron chi connectivity index (χ3n) is 6.12. The molecule has 2 aliphatic heterocycles. The fourth-order valence-electron chi connectivity index (χ4n) is 4.15. The highest BCUT2D eigenvalue weighted by molar-refractivity contribution is 5.80. The number of likely N-dealkylation sites (tertiary alicyclic amines) is 1. The average Bonchev–Trinajstić information content (AvgIpc) is 2.75. The van der Waals surface area contributed by atoms with Gasteiger partial charge in [0.25, 0.3) is 0 Å². The van der Waals surface area contributed by atoms with Crippen LogP contribution in [0.1, 0.15) is 46.1 Å². The number of piperidine rings is 1. The summed E-state index contributed by atoms with van der Waals surface area (Å²) in [6, 6.07) is 9.55. The molecule has 2 fully saturated rings. The molecule has 2 heterocycles. The second-order valence-corrected chi connectivity index (χ2v) is 9.87. The van der Waals surface area contributed by atoms with Crippen LogP contribution in [-0.2, 0) is 25.6 Å². The van der Waals surface area contributed by atoms with Crippen LogP contribution in [0.25, 0.3) is 0 Å². The first-order chi connectivity index (χ1) is 15.1. The third-order valence-corrected chi connectivity index (χ3v) is 6.12. The van der Waals surface area contributed by atoms with Gasteiger partial charge >= 0.3 is 12.1 Å². The number of amides is 1. The van der Waals surface area contributed by atoms with Gasteiger partial charge in [-0.05, 0) is 52.0 Å². The van der Waals surface area contributed by atoms with E-state index in [1.807, 2.05) is 51.1 Å². The number of ether oxygens (including phenoxy) is 3. The molecule has 8 nitrogen and oxygen atoms in total. The predicted octanol–water partition coefficient (Wildman–Crippen LogP) is 2.75. The Morgan fingerprint density at radius 1 is 1.16 bits per heavy atom. The Labute approximate surface area is 191 Å². The molecular formula is C24H37N3O5. The summed E-state index contributed by atoms with van der Waals surface area (Å²) in [5.41, 5.74) is 5.71. The van der Waals surface area contributed by atoms with Crippen molar-refractivity contribution >= 4 is 12.1 Å². The number of morpholine rings is 1. The van der Waals surface area contributed by atoms with E-state index in [0.29, 0.717) is 32.2 Å². The first-order valence-electron chi connectivity index (χ1n) is 11.4. The lowest BCUT2D eigenvalue weighted by atomic mass is 9.93. The molecule has 0 aromatic heterocycles. The number of carbonyl (C=O) groups is 2. The maximum atomic E-state index is 12.9. The molecule has 0 saturated carbocycles. The number of esters is 1. The van der Waals surface area contributed by atoms with Gasteiger partial charge in [-0.2, -0.15) is 0 Å². The minimum atomic E-state index is -1.22. The normalized spacial score (nSPS) is 25.4. The summed E-state index contributed by atoms with van der Waals surface area (Å²) in [5.74, 6) is -0.0549. The zero-order valence-electron chi connectivity index (χ0n) is 19.7. The zero-order chi connectivity index (χ0) is 23.4. The fraction of sp³-hybridized carbons (Fsp3) is 0.667. The van der Waals surface area contributed by atoms with Gasteiger partial charge in [-0.25, -0.2) is 9.59 Å². The van der Waals surface area contributed by atoms with Crippen LogP contribution in [0.5, 0.6) is 0 Å². The van der Waals surface area contributed by atoms with Crippen molar-refractivity contribution in [2.75, 3.05) is 32.8 Å². The van der Waals surface area contributed by atoms with Crippen LogP contribution in [0.3, 0.4) is 0 Å². The number of rotatable bonds is 5. The fourth-order valence-corrected chi connectivity index (χ4v) is 4.15. The Kier molecular flexibility index (Phi) is 7.79. The summed E-state index contributed by atoms with van der Waals surface area (Å²) in [5, 5.41) is 0. The molecule has 2 aliphatic rings. The molecule has 2 unspecified atom stereocenters. The van der Waals surface area contributed by atoms with Gasteiger partial charge < -0.3 is 24.8 Å². The average molecular weight is 448 g/mol. The summed E-state index contributed by atoms with van der Waals surface area (Å²) in [6.07, 6.45) is 0.896. The molecule has 0 aliphatic carbocycles. The lowest BCUT2D eigenvalue weighted by Crippen LogP contribution is -2.67. The van der Waals surface area contributed by atoms with Crippen LogP contribution in [0.2, 0.25) is 0 Å². The maximum Gasteiger partial charge on any atom is 0.410 e. The lowest BCUT2D eigenvalue weighted by molar-refractivity contribution is -0.194. The highest BCUT2D eigenvalue weighted by atomic mass is 16.6. The predicted molar refractivity (Wildman–Crippen MR) is 121 cm³/mol. The van der Waals surface area contributed by atoms with Gasteiger partial charge in [0.2, 0.25) is 0 Å². The van der Waals surface area contributed by atoms with Gasteiger partial charge in [0.1, 0.15) is 12.2 Å². The van der Waals surface area contributed by atoms with Crippen LogP contribution in [0.15, 0.2) is 30.3 Å². The van der Waals surface area contributed by atoms with Crippen molar-refractivity contribution in [3.05, 3.63) is 35.9 Å². The van der Waals surface area contributed by atoms with Crippen molar-refractivity contribution in [2.45, 2.75) is 64.5 Å². The van der Waals surface area contributed by atoms with E-state index in [1.165, 1.54) is 0 Å².